The summed E-state index contributed by atoms with van der Waals surface area (Å²) in [6.07, 6.45) is 0. The Morgan fingerprint density at radius 3 is 2.50 bits per heavy atom. The Hall–Kier alpha value is -1.84. The van der Waals surface area contributed by atoms with Crippen molar-refractivity contribution in [2.45, 2.75) is 20.8 Å². The van der Waals surface area contributed by atoms with E-state index in [2.05, 4.69) is 0 Å². The summed E-state index contributed by atoms with van der Waals surface area (Å²) in [6, 6.07) is 6.82. The lowest BCUT2D eigenvalue weighted by Crippen LogP contribution is -2.18. The summed E-state index contributed by atoms with van der Waals surface area (Å²) in [4.78, 5) is 22.7. The number of carbonyl (C=O) groups excluding carboxylic acids is 2. The highest BCUT2D eigenvalue weighted by Crippen LogP contribution is 2.18. The Balaban J connectivity index is 2.53. The predicted octanol–water partition coefficient (Wildman–Crippen LogP) is 2.47. The molecule has 4 nitrogen and oxygen atoms in total. The number of benzene rings is 1. The van der Waals surface area contributed by atoms with Gasteiger partial charge in [0.1, 0.15) is 5.75 Å². The number of esters is 1. The SMILES string of the molecule is CC(=O)c1ccccc1OCC(=O)OCC(C)C. The Bertz CT molecular complexity index is 424. The molecule has 0 saturated heterocycles. The van der Waals surface area contributed by atoms with Crippen LogP contribution in [0.2, 0.25) is 0 Å². The molecular formula is C14H18O4. The fourth-order valence-corrected chi connectivity index (χ4v) is 1.32. The van der Waals surface area contributed by atoms with Crippen LogP contribution in [0.15, 0.2) is 24.3 Å². The molecule has 1 aromatic carbocycles. The highest BCUT2D eigenvalue weighted by atomic mass is 16.6. The van der Waals surface area contributed by atoms with Gasteiger partial charge in [0.25, 0.3) is 0 Å². The lowest BCUT2D eigenvalue weighted by Gasteiger charge is -2.10. The smallest absolute Gasteiger partial charge is 0.344 e. The average Bonchev–Trinajstić information content (AvgIpc) is 2.34. The quantitative estimate of drug-likeness (QED) is 0.575. The van der Waals surface area contributed by atoms with Gasteiger partial charge >= 0.3 is 5.97 Å². The first-order valence-electron chi connectivity index (χ1n) is 5.89. The number of ether oxygens (including phenoxy) is 2. The van der Waals surface area contributed by atoms with Crippen LogP contribution in [0.4, 0.5) is 0 Å². The third kappa shape index (κ3) is 4.57. The molecule has 0 aliphatic heterocycles. The van der Waals surface area contributed by atoms with Crippen LogP contribution in [-0.2, 0) is 9.53 Å². The Labute approximate surface area is 107 Å². The van der Waals surface area contributed by atoms with Crippen molar-refractivity contribution in [2.24, 2.45) is 5.92 Å². The van der Waals surface area contributed by atoms with Gasteiger partial charge in [-0.2, -0.15) is 0 Å². The number of ketones is 1. The van der Waals surface area contributed by atoms with Gasteiger partial charge in [-0.1, -0.05) is 26.0 Å². The van der Waals surface area contributed by atoms with E-state index in [4.69, 9.17) is 9.47 Å². The normalized spacial score (nSPS) is 10.2. The summed E-state index contributed by atoms with van der Waals surface area (Å²) in [5.74, 6) is 0.174. The van der Waals surface area contributed by atoms with Crippen molar-refractivity contribution in [1.82, 2.24) is 0 Å². The molecule has 0 bridgehead atoms. The summed E-state index contributed by atoms with van der Waals surface area (Å²) in [7, 11) is 0. The minimum atomic E-state index is -0.429. The standard InChI is InChI=1S/C14H18O4/c1-10(2)8-18-14(16)9-17-13-7-5-4-6-12(13)11(3)15/h4-7,10H,8-9H2,1-3H3. The number of Topliss-reactive ketones (excluding diaryl/α,β-unsaturated/α-hetero) is 1. The van der Waals surface area contributed by atoms with E-state index < -0.39 is 5.97 Å². The Morgan fingerprint density at radius 1 is 1.22 bits per heavy atom. The molecule has 0 heterocycles. The zero-order valence-corrected chi connectivity index (χ0v) is 10.9. The third-order valence-electron chi connectivity index (χ3n) is 2.19. The molecule has 0 N–H and O–H groups in total. The highest BCUT2D eigenvalue weighted by Gasteiger charge is 2.10. The van der Waals surface area contributed by atoms with Crippen molar-refractivity contribution in [3.05, 3.63) is 29.8 Å². The minimum absolute atomic E-state index is 0.0962. The van der Waals surface area contributed by atoms with Crippen molar-refractivity contribution in [3.63, 3.8) is 0 Å². The first-order valence-corrected chi connectivity index (χ1v) is 5.89. The van der Waals surface area contributed by atoms with Gasteiger partial charge in [0.15, 0.2) is 12.4 Å². The number of hydrogen-bond donors (Lipinski definition) is 0. The maximum atomic E-state index is 11.4. The summed E-state index contributed by atoms with van der Waals surface area (Å²) in [6.45, 7) is 5.56. The predicted molar refractivity (Wildman–Crippen MR) is 67.7 cm³/mol. The molecule has 0 aliphatic carbocycles. The topological polar surface area (TPSA) is 52.6 Å². The molecule has 98 valence electrons. The van der Waals surface area contributed by atoms with Crippen LogP contribution in [0, 0.1) is 5.92 Å². The molecule has 0 atom stereocenters. The van der Waals surface area contributed by atoms with Gasteiger partial charge < -0.3 is 9.47 Å². The fourth-order valence-electron chi connectivity index (χ4n) is 1.32. The molecule has 0 aliphatic rings. The van der Waals surface area contributed by atoms with Crippen LogP contribution in [0.5, 0.6) is 5.75 Å². The summed E-state index contributed by atoms with van der Waals surface area (Å²) in [5.41, 5.74) is 0.467. The monoisotopic (exact) mass is 250 g/mol. The number of hydrogen-bond acceptors (Lipinski definition) is 4. The van der Waals surface area contributed by atoms with Crippen LogP contribution in [-0.4, -0.2) is 25.0 Å². The summed E-state index contributed by atoms with van der Waals surface area (Å²) < 4.78 is 10.3. The average molecular weight is 250 g/mol. The van der Waals surface area contributed by atoms with E-state index >= 15 is 0 Å². The largest absolute Gasteiger partial charge is 0.481 e. The van der Waals surface area contributed by atoms with E-state index in [1.807, 2.05) is 13.8 Å². The maximum Gasteiger partial charge on any atom is 0.344 e. The second-order valence-electron chi connectivity index (χ2n) is 4.42. The molecule has 0 saturated carbocycles. The molecule has 0 spiro atoms. The van der Waals surface area contributed by atoms with Crippen LogP contribution in [0.1, 0.15) is 31.1 Å². The molecule has 1 aromatic rings. The lowest BCUT2D eigenvalue weighted by molar-refractivity contribution is -0.147. The van der Waals surface area contributed by atoms with Gasteiger partial charge in [-0.05, 0) is 25.0 Å². The molecule has 1 rings (SSSR count). The van der Waals surface area contributed by atoms with Crippen LogP contribution in [0.25, 0.3) is 0 Å². The zero-order chi connectivity index (χ0) is 13.5. The molecule has 0 aromatic heterocycles. The second-order valence-corrected chi connectivity index (χ2v) is 4.42. The van der Waals surface area contributed by atoms with Crippen LogP contribution < -0.4 is 4.74 Å². The summed E-state index contributed by atoms with van der Waals surface area (Å²) in [5, 5.41) is 0. The van der Waals surface area contributed by atoms with E-state index in [1.54, 1.807) is 24.3 Å². The van der Waals surface area contributed by atoms with Crippen molar-refractivity contribution < 1.29 is 19.1 Å². The molecule has 4 heteroatoms. The Kier molecular flexibility index (Phi) is 5.36. The van der Waals surface area contributed by atoms with Gasteiger partial charge in [-0.25, -0.2) is 4.79 Å². The third-order valence-corrected chi connectivity index (χ3v) is 2.19. The molecule has 0 radical (unpaired) electrons. The van der Waals surface area contributed by atoms with E-state index in [0.29, 0.717) is 23.8 Å². The fraction of sp³-hybridized carbons (Fsp3) is 0.429. The van der Waals surface area contributed by atoms with E-state index in [1.165, 1.54) is 6.92 Å². The molecule has 18 heavy (non-hydrogen) atoms. The lowest BCUT2D eigenvalue weighted by atomic mass is 10.1. The summed E-state index contributed by atoms with van der Waals surface area (Å²) >= 11 is 0. The maximum absolute atomic E-state index is 11.4. The van der Waals surface area contributed by atoms with E-state index in [-0.39, 0.29) is 12.4 Å². The molecule has 0 amide bonds. The van der Waals surface area contributed by atoms with Crippen molar-refractivity contribution in [3.8, 4) is 5.75 Å². The van der Waals surface area contributed by atoms with Crippen LogP contribution >= 0.6 is 0 Å². The molecular weight excluding hydrogens is 232 g/mol. The van der Waals surface area contributed by atoms with Crippen molar-refractivity contribution in [1.29, 1.82) is 0 Å². The van der Waals surface area contributed by atoms with Gasteiger partial charge in [-0.15, -0.1) is 0 Å². The minimum Gasteiger partial charge on any atom is -0.481 e. The van der Waals surface area contributed by atoms with Crippen molar-refractivity contribution >= 4 is 11.8 Å². The number of rotatable bonds is 6. The van der Waals surface area contributed by atoms with Crippen molar-refractivity contribution in [2.75, 3.05) is 13.2 Å². The van der Waals surface area contributed by atoms with Gasteiger partial charge in [0.05, 0.1) is 12.2 Å². The van der Waals surface area contributed by atoms with Gasteiger partial charge in [0, 0.05) is 0 Å². The van der Waals surface area contributed by atoms with E-state index in [9.17, 15) is 9.59 Å². The number of para-hydroxylation sites is 1. The molecule has 0 fully saturated rings. The van der Waals surface area contributed by atoms with Gasteiger partial charge in [-0.3, -0.25) is 4.79 Å². The van der Waals surface area contributed by atoms with Crippen LogP contribution in [0.3, 0.4) is 0 Å². The highest BCUT2D eigenvalue weighted by molar-refractivity contribution is 5.96. The number of carbonyl (C=O) groups is 2. The zero-order valence-electron chi connectivity index (χ0n) is 10.9. The molecule has 0 unspecified atom stereocenters. The first-order chi connectivity index (χ1) is 8.50. The Morgan fingerprint density at radius 2 is 1.89 bits per heavy atom. The van der Waals surface area contributed by atoms with Gasteiger partial charge in [0.2, 0.25) is 0 Å². The first kappa shape index (κ1) is 14.2. The second kappa shape index (κ2) is 6.79. The van der Waals surface area contributed by atoms with E-state index in [0.717, 1.165) is 0 Å².